The first kappa shape index (κ1) is 15.7. The zero-order valence-electron chi connectivity index (χ0n) is 11.9. The van der Waals surface area contributed by atoms with E-state index in [0.717, 1.165) is 18.8 Å². The van der Waals surface area contributed by atoms with E-state index >= 15 is 0 Å². The number of nitrogens with zero attached hydrogens (tertiary/aromatic N) is 2. The molecule has 1 aromatic rings. The molecule has 0 aliphatic carbocycles. The van der Waals surface area contributed by atoms with E-state index in [1.807, 2.05) is 19.9 Å². The lowest BCUT2D eigenvalue weighted by molar-refractivity contribution is 0.0705. The minimum atomic E-state index is 0.600. The van der Waals surface area contributed by atoms with Crippen LogP contribution in [0.5, 0.6) is 5.88 Å². The number of nitrogens with one attached hydrogen (secondary N) is 1. The van der Waals surface area contributed by atoms with Crippen LogP contribution < -0.4 is 10.1 Å². The molecule has 0 aromatic carbocycles. The van der Waals surface area contributed by atoms with Crippen molar-refractivity contribution in [2.24, 2.45) is 0 Å². The van der Waals surface area contributed by atoms with Gasteiger partial charge in [0.25, 0.3) is 0 Å². The van der Waals surface area contributed by atoms with Crippen molar-refractivity contribution in [1.29, 1.82) is 0 Å². The zero-order chi connectivity index (χ0) is 13.9. The summed E-state index contributed by atoms with van der Waals surface area (Å²) in [5.74, 6) is 2.09. The molecule has 0 amide bonds. The SMILES string of the molecule is CCOc1cc(NCCCOCCOC)nc(C)n1. The lowest BCUT2D eigenvalue weighted by Gasteiger charge is -2.09. The molecule has 6 heteroatoms. The summed E-state index contributed by atoms with van der Waals surface area (Å²) in [4.78, 5) is 8.49. The standard InChI is InChI=1S/C13H23N3O3/c1-4-19-13-10-12(15-11(2)16-13)14-6-5-7-18-9-8-17-3/h10H,4-9H2,1-3H3,(H,14,15,16). The molecular weight excluding hydrogens is 246 g/mol. The fourth-order valence-electron chi connectivity index (χ4n) is 1.49. The summed E-state index contributed by atoms with van der Waals surface area (Å²) in [6.07, 6.45) is 0.913. The van der Waals surface area contributed by atoms with E-state index in [0.29, 0.717) is 38.1 Å². The molecule has 0 saturated carbocycles. The summed E-state index contributed by atoms with van der Waals surface area (Å²) >= 11 is 0. The molecule has 0 aliphatic heterocycles. The number of hydrogen-bond acceptors (Lipinski definition) is 6. The predicted octanol–water partition coefficient (Wildman–Crippen LogP) is 1.65. The summed E-state index contributed by atoms with van der Waals surface area (Å²) in [7, 11) is 1.66. The normalized spacial score (nSPS) is 10.5. The van der Waals surface area contributed by atoms with Crippen molar-refractivity contribution in [3.63, 3.8) is 0 Å². The fourth-order valence-corrected chi connectivity index (χ4v) is 1.49. The van der Waals surface area contributed by atoms with Crippen LogP contribution in [-0.2, 0) is 9.47 Å². The summed E-state index contributed by atoms with van der Waals surface area (Å²) < 4.78 is 15.6. The Morgan fingerprint density at radius 2 is 2.05 bits per heavy atom. The first-order valence-electron chi connectivity index (χ1n) is 6.55. The minimum absolute atomic E-state index is 0.600. The Hall–Kier alpha value is -1.40. The lowest BCUT2D eigenvalue weighted by Crippen LogP contribution is -2.10. The van der Waals surface area contributed by atoms with Crippen LogP contribution in [0.1, 0.15) is 19.2 Å². The van der Waals surface area contributed by atoms with E-state index < -0.39 is 0 Å². The molecule has 0 bridgehead atoms. The van der Waals surface area contributed by atoms with Crippen molar-refractivity contribution in [2.75, 3.05) is 45.4 Å². The van der Waals surface area contributed by atoms with Crippen LogP contribution in [0.25, 0.3) is 0 Å². The Kier molecular flexibility index (Phi) is 7.84. The summed E-state index contributed by atoms with van der Waals surface area (Å²) in [5.41, 5.74) is 0. The molecule has 108 valence electrons. The van der Waals surface area contributed by atoms with Gasteiger partial charge in [0.2, 0.25) is 5.88 Å². The average molecular weight is 269 g/mol. The van der Waals surface area contributed by atoms with Crippen molar-refractivity contribution in [1.82, 2.24) is 9.97 Å². The quantitative estimate of drug-likeness (QED) is 0.652. The fraction of sp³-hybridized carbons (Fsp3) is 0.692. The van der Waals surface area contributed by atoms with Gasteiger partial charge in [0.1, 0.15) is 11.6 Å². The third kappa shape index (κ3) is 6.93. The Morgan fingerprint density at radius 3 is 2.79 bits per heavy atom. The van der Waals surface area contributed by atoms with E-state index in [1.165, 1.54) is 0 Å². The molecular formula is C13H23N3O3. The van der Waals surface area contributed by atoms with E-state index in [9.17, 15) is 0 Å². The van der Waals surface area contributed by atoms with Crippen LogP contribution >= 0.6 is 0 Å². The summed E-state index contributed by atoms with van der Waals surface area (Å²) in [5, 5.41) is 3.23. The first-order chi connectivity index (χ1) is 9.26. The second-order valence-corrected chi connectivity index (χ2v) is 3.96. The van der Waals surface area contributed by atoms with Gasteiger partial charge in [-0.05, 0) is 20.3 Å². The Balaban J connectivity index is 2.25. The van der Waals surface area contributed by atoms with Gasteiger partial charge in [-0.1, -0.05) is 0 Å². The minimum Gasteiger partial charge on any atom is -0.478 e. The van der Waals surface area contributed by atoms with Crippen molar-refractivity contribution in [3.8, 4) is 5.88 Å². The molecule has 0 aliphatic rings. The van der Waals surface area contributed by atoms with Gasteiger partial charge in [0.15, 0.2) is 0 Å². The zero-order valence-corrected chi connectivity index (χ0v) is 11.9. The van der Waals surface area contributed by atoms with Crippen molar-refractivity contribution < 1.29 is 14.2 Å². The third-order valence-electron chi connectivity index (χ3n) is 2.31. The van der Waals surface area contributed by atoms with Gasteiger partial charge in [-0.15, -0.1) is 0 Å². The first-order valence-corrected chi connectivity index (χ1v) is 6.55. The highest BCUT2D eigenvalue weighted by atomic mass is 16.5. The molecule has 0 spiro atoms. The number of methoxy groups -OCH3 is 1. The molecule has 19 heavy (non-hydrogen) atoms. The lowest BCUT2D eigenvalue weighted by atomic mass is 10.4. The summed E-state index contributed by atoms with van der Waals surface area (Å²) in [6, 6.07) is 1.81. The highest BCUT2D eigenvalue weighted by molar-refractivity contribution is 5.38. The number of anilines is 1. The molecule has 0 unspecified atom stereocenters. The second kappa shape index (κ2) is 9.52. The number of ether oxygens (including phenoxy) is 3. The third-order valence-corrected chi connectivity index (χ3v) is 2.31. The van der Waals surface area contributed by atoms with E-state index in [-0.39, 0.29) is 0 Å². The van der Waals surface area contributed by atoms with Gasteiger partial charge >= 0.3 is 0 Å². The van der Waals surface area contributed by atoms with Gasteiger partial charge in [-0.3, -0.25) is 0 Å². The molecule has 6 nitrogen and oxygen atoms in total. The van der Waals surface area contributed by atoms with Crippen molar-refractivity contribution in [2.45, 2.75) is 20.3 Å². The van der Waals surface area contributed by atoms with Gasteiger partial charge in [-0.25, -0.2) is 4.98 Å². The molecule has 1 N–H and O–H groups in total. The maximum Gasteiger partial charge on any atom is 0.218 e. The number of hydrogen-bond donors (Lipinski definition) is 1. The molecule has 0 atom stereocenters. The summed E-state index contributed by atoms with van der Waals surface area (Å²) in [6.45, 7) is 7.16. The molecule has 1 heterocycles. The highest BCUT2D eigenvalue weighted by Crippen LogP contribution is 2.13. The van der Waals surface area contributed by atoms with Crippen LogP contribution in [0.3, 0.4) is 0 Å². The molecule has 1 rings (SSSR count). The Labute approximate surface area is 114 Å². The highest BCUT2D eigenvalue weighted by Gasteiger charge is 2.01. The number of rotatable bonds is 10. The van der Waals surface area contributed by atoms with Crippen molar-refractivity contribution >= 4 is 5.82 Å². The van der Waals surface area contributed by atoms with Crippen LogP contribution in [0, 0.1) is 6.92 Å². The topological polar surface area (TPSA) is 65.5 Å². The monoisotopic (exact) mass is 269 g/mol. The molecule has 0 radical (unpaired) electrons. The number of aromatic nitrogens is 2. The van der Waals surface area contributed by atoms with Gasteiger partial charge in [0.05, 0.1) is 19.8 Å². The van der Waals surface area contributed by atoms with Crippen LogP contribution in [0.4, 0.5) is 5.82 Å². The van der Waals surface area contributed by atoms with Crippen molar-refractivity contribution in [3.05, 3.63) is 11.9 Å². The number of aryl methyl sites for hydroxylation is 1. The van der Waals surface area contributed by atoms with E-state index in [4.69, 9.17) is 14.2 Å². The van der Waals surface area contributed by atoms with E-state index in [2.05, 4.69) is 15.3 Å². The van der Waals surface area contributed by atoms with E-state index in [1.54, 1.807) is 7.11 Å². The van der Waals surface area contributed by atoms with Gasteiger partial charge in [-0.2, -0.15) is 4.98 Å². The Bertz CT molecular complexity index is 361. The molecule has 0 fully saturated rings. The predicted molar refractivity (Wildman–Crippen MR) is 73.7 cm³/mol. The smallest absolute Gasteiger partial charge is 0.218 e. The van der Waals surface area contributed by atoms with Crippen LogP contribution in [0.15, 0.2) is 6.07 Å². The van der Waals surface area contributed by atoms with Gasteiger partial charge < -0.3 is 19.5 Å². The average Bonchev–Trinajstić information content (AvgIpc) is 2.37. The van der Waals surface area contributed by atoms with Crippen LogP contribution in [0.2, 0.25) is 0 Å². The van der Waals surface area contributed by atoms with Gasteiger partial charge in [0, 0.05) is 26.3 Å². The van der Waals surface area contributed by atoms with Crippen LogP contribution in [-0.4, -0.2) is 50.1 Å². The molecule has 1 aromatic heterocycles. The molecule has 0 saturated heterocycles. The maximum absolute atomic E-state index is 5.38. The largest absolute Gasteiger partial charge is 0.478 e. The Morgan fingerprint density at radius 1 is 1.21 bits per heavy atom. The maximum atomic E-state index is 5.38. The second-order valence-electron chi connectivity index (χ2n) is 3.96.